The van der Waals surface area contributed by atoms with Gasteiger partial charge in [-0.05, 0) is 55.5 Å². The molecule has 0 aliphatic carbocycles. The summed E-state index contributed by atoms with van der Waals surface area (Å²) in [7, 11) is -2.65. The summed E-state index contributed by atoms with van der Waals surface area (Å²) >= 11 is 0. The van der Waals surface area contributed by atoms with E-state index in [0.29, 0.717) is 11.4 Å². The molecular formula is C23H21N3O6S. The van der Waals surface area contributed by atoms with E-state index in [4.69, 9.17) is 9.57 Å². The highest BCUT2D eigenvalue weighted by molar-refractivity contribution is 7.89. The number of para-hydroxylation sites is 1. The molecule has 0 spiro atoms. The molecule has 0 saturated heterocycles. The Morgan fingerprint density at radius 1 is 1.00 bits per heavy atom. The number of anilines is 1. The van der Waals surface area contributed by atoms with Crippen LogP contribution in [-0.2, 0) is 14.9 Å². The zero-order valence-electron chi connectivity index (χ0n) is 17.9. The minimum absolute atomic E-state index is 0.0169. The largest absolute Gasteiger partial charge is 0.497 e. The Hall–Kier alpha value is -3.73. The van der Waals surface area contributed by atoms with Crippen molar-refractivity contribution < 1.29 is 22.9 Å². The van der Waals surface area contributed by atoms with Crippen molar-refractivity contribution >= 4 is 21.4 Å². The number of benzene rings is 3. The summed E-state index contributed by atoms with van der Waals surface area (Å²) < 4.78 is 33.1. The predicted molar refractivity (Wildman–Crippen MR) is 122 cm³/mol. The van der Waals surface area contributed by atoms with Crippen molar-refractivity contribution in [2.75, 3.05) is 12.1 Å². The number of methoxy groups -OCH3 is 1. The van der Waals surface area contributed by atoms with E-state index < -0.39 is 21.1 Å². The molecule has 4 rings (SSSR count). The van der Waals surface area contributed by atoms with Gasteiger partial charge in [0.25, 0.3) is 15.7 Å². The first kappa shape index (κ1) is 22.5. The highest BCUT2D eigenvalue weighted by Crippen LogP contribution is 2.36. The number of hydrazine groups is 1. The van der Waals surface area contributed by atoms with Gasteiger partial charge >= 0.3 is 0 Å². The van der Waals surface area contributed by atoms with E-state index in [0.717, 1.165) is 10.1 Å². The van der Waals surface area contributed by atoms with Gasteiger partial charge in [0.1, 0.15) is 11.9 Å². The molecule has 1 aliphatic rings. The SMILES string of the molecule is COc1ccc(N2C=CC(c3ccccc3[N+](=O)[O-])ON2S(=O)(=O)c2ccc(C)cc2)cc1. The maximum absolute atomic E-state index is 13.6. The lowest BCUT2D eigenvalue weighted by atomic mass is 10.1. The Morgan fingerprint density at radius 2 is 1.67 bits per heavy atom. The summed E-state index contributed by atoms with van der Waals surface area (Å²) in [4.78, 5) is 16.9. The molecule has 10 heteroatoms. The molecule has 0 radical (unpaired) electrons. The average Bonchev–Trinajstić information content (AvgIpc) is 2.84. The van der Waals surface area contributed by atoms with Crippen molar-refractivity contribution in [3.05, 3.63) is 106 Å². The number of nitro groups is 1. The summed E-state index contributed by atoms with van der Waals surface area (Å²) in [5.41, 5.74) is 1.46. The zero-order chi connectivity index (χ0) is 23.6. The van der Waals surface area contributed by atoms with Gasteiger partial charge in [-0.25, -0.2) is 13.4 Å². The predicted octanol–water partition coefficient (Wildman–Crippen LogP) is 4.52. The van der Waals surface area contributed by atoms with Crippen LogP contribution >= 0.6 is 0 Å². The highest BCUT2D eigenvalue weighted by atomic mass is 32.2. The number of nitro benzene ring substituents is 1. The minimum Gasteiger partial charge on any atom is -0.497 e. The Kier molecular flexibility index (Phi) is 6.14. The Morgan fingerprint density at radius 3 is 2.30 bits per heavy atom. The summed E-state index contributed by atoms with van der Waals surface area (Å²) in [5.74, 6) is 0.603. The van der Waals surface area contributed by atoms with Gasteiger partial charge in [-0.2, -0.15) is 0 Å². The van der Waals surface area contributed by atoms with E-state index in [1.165, 1.54) is 42.6 Å². The van der Waals surface area contributed by atoms with Crippen LogP contribution in [0.1, 0.15) is 17.2 Å². The molecule has 0 saturated carbocycles. The van der Waals surface area contributed by atoms with E-state index in [9.17, 15) is 18.5 Å². The second kappa shape index (κ2) is 9.02. The molecule has 0 fully saturated rings. The molecule has 3 aromatic carbocycles. The first-order chi connectivity index (χ1) is 15.8. The van der Waals surface area contributed by atoms with Crippen molar-refractivity contribution in [3.63, 3.8) is 0 Å². The van der Waals surface area contributed by atoms with E-state index >= 15 is 0 Å². The van der Waals surface area contributed by atoms with E-state index in [1.54, 1.807) is 54.6 Å². The second-order valence-corrected chi connectivity index (χ2v) is 8.99. The van der Waals surface area contributed by atoms with Gasteiger partial charge in [0, 0.05) is 16.8 Å². The van der Waals surface area contributed by atoms with Gasteiger partial charge in [0.15, 0.2) is 0 Å². The number of nitrogens with zero attached hydrogens (tertiary/aromatic N) is 3. The number of sulfonamides is 1. The van der Waals surface area contributed by atoms with Gasteiger partial charge < -0.3 is 4.74 Å². The van der Waals surface area contributed by atoms with E-state index in [2.05, 4.69) is 0 Å². The van der Waals surface area contributed by atoms with Crippen LogP contribution in [-0.4, -0.2) is 25.0 Å². The van der Waals surface area contributed by atoms with Crippen molar-refractivity contribution in [2.45, 2.75) is 17.9 Å². The van der Waals surface area contributed by atoms with Gasteiger partial charge in [-0.3, -0.25) is 15.0 Å². The van der Waals surface area contributed by atoms with Crippen LogP contribution in [0.25, 0.3) is 0 Å². The lowest BCUT2D eigenvalue weighted by Crippen LogP contribution is -2.46. The minimum atomic E-state index is -4.18. The van der Waals surface area contributed by atoms with Crippen molar-refractivity contribution in [3.8, 4) is 5.75 Å². The van der Waals surface area contributed by atoms with Crippen LogP contribution in [0.2, 0.25) is 0 Å². The maximum atomic E-state index is 13.6. The molecule has 3 aromatic rings. The van der Waals surface area contributed by atoms with Gasteiger partial charge in [0.2, 0.25) is 0 Å². The Labute approximate surface area is 191 Å². The average molecular weight is 468 g/mol. The fourth-order valence-corrected chi connectivity index (χ4v) is 4.59. The molecule has 0 bridgehead atoms. The van der Waals surface area contributed by atoms with Crippen molar-refractivity contribution in [2.24, 2.45) is 0 Å². The molecule has 0 aromatic heterocycles. The lowest BCUT2D eigenvalue weighted by Gasteiger charge is -2.37. The third-order valence-electron chi connectivity index (χ3n) is 5.08. The van der Waals surface area contributed by atoms with Crippen LogP contribution in [0.5, 0.6) is 5.75 Å². The number of ether oxygens (including phenoxy) is 1. The number of aryl methyl sites for hydroxylation is 1. The summed E-state index contributed by atoms with van der Waals surface area (Å²) in [6, 6.07) is 19.1. The quantitative estimate of drug-likeness (QED) is 0.388. The topological polar surface area (TPSA) is 102 Å². The third-order valence-corrected chi connectivity index (χ3v) is 6.62. The summed E-state index contributed by atoms with van der Waals surface area (Å²) in [5, 5.41) is 12.8. The molecule has 170 valence electrons. The number of hydrogen-bond donors (Lipinski definition) is 0. The van der Waals surface area contributed by atoms with E-state index in [-0.39, 0.29) is 16.1 Å². The monoisotopic (exact) mass is 467 g/mol. The van der Waals surface area contributed by atoms with Crippen molar-refractivity contribution in [1.29, 1.82) is 0 Å². The first-order valence-electron chi connectivity index (χ1n) is 9.95. The molecule has 1 unspecified atom stereocenters. The molecule has 1 atom stereocenters. The molecule has 0 amide bonds. The van der Waals surface area contributed by atoms with Crippen LogP contribution in [0.15, 0.2) is 90.0 Å². The second-order valence-electron chi connectivity index (χ2n) is 7.25. The molecule has 0 N–H and O–H groups in total. The Balaban J connectivity index is 1.80. The van der Waals surface area contributed by atoms with Gasteiger partial charge in [0.05, 0.1) is 28.2 Å². The Bertz CT molecular complexity index is 1290. The van der Waals surface area contributed by atoms with Crippen LogP contribution in [0.3, 0.4) is 0 Å². The number of rotatable bonds is 6. The molecule has 1 aliphatic heterocycles. The highest BCUT2D eigenvalue weighted by Gasteiger charge is 2.37. The molecule has 9 nitrogen and oxygen atoms in total. The fraction of sp³-hybridized carbons (Fsp3) is 0.130. The fourth-order valence-electron chi connectivity index (χ4n) is 3.34. The smallest absolute Gasteiger partial charge is 0.283 e. The summed E-state index contributed by atoms with van der Waals surface area (Å²) in [6.45, 7) is 1.85. The van der Waals surface area contributed by atoms with Gasteiger partial charge in [-0.1, -0.05) is 29.8 Å². The van der Waals surface area contributed by atoms with Gasteiger partial charge in [-0.15, -0.1) is 0 Å². The van der Waals surface area contributed by atoms with Crippen LogP contribution < -0.4 is 9.75 Å². The summed E-state index contributed by atoms with van der Waals surface area (Å²) in [6.07, 6.45) is 2.08. The van der Waals surface area contributed by atoms with E-state index in [1.807, 2.05) is 6.92 Å². The lowest BCUT2D eigenvalue weighted by molar-refractivity contribution is -0.386. The molecular weight excluding hydrogens is 446 g/mol. The van der Waals surface area contributed by atoms with Crippen LogP contribution in [0, 0.1) is 17.0 Å². The first-order valence-corrected chi connectivity index (χ1v) is 11.4. The maximum Gasteiger partial charge on any atom is 0.283 e. The normalized spacial score (nSPS) is 16.5. The van der Waals surface area contributed by atoms with Crippen molar-refractivity contribution in [1.82, 2.24) is 4.58 Å². The molecule has 33 heavy (non-hydrogen) atoms. The molecule has 1 heterocycles. The number of hydrogen-bond acceptors (Lipinski definition) is 7. The zero-order valence-corrected chi connectivity index (χ0v) is 18.7. The third kappa shape index (κ3) is 4.44. The van der Waals surface area contributed by atoms with Crippen LogP contribution in [0.4, 0.5) is 11.4 Å². The standard InChI is InChI=1S/C23H21N3O6S/c1-17-7-13-20(14-8-17)33(29,30)26-24(18-9-11-19(31-2)12-10-18)16-15-23(32-26)21-5-3-4-6-22(21)25(27)28/h3-16,23H,1-2H3.